The van der Waals surface area contributed by atoms with Crippen molar-refractivity contribution in [3.05, 3.63) is 58.4 Å². The number of benzene rings is 2. The van der Waals surface area contributed by atoms with Gasteiger partial charge in [0.15, 0.2) is 0 Å². The number of halogens is 1. The molecule has 0 saturated carbocycles. The van der Waals surface area contributed by atoms with Gasteiger partial charge in [0.25, 0.3) is 0 Å². The monoisotopic (exact) mass is 415 g/mol. The fraction of sp³-hybridized carbons (Fsp3) is 0.364. The van der Waals surface area contributed by atoms with Crippen molar-refractivity contribution in [2.75, 3.05) is 20.3 Å². The molecule has 1 unspecified atom stereocenters. The van der Waals surface area contributed by atoms with Gasteiger partial charge in [0.1, 0.15) is 24.8 Å². The van der Waals surface area contributed by atoms with E-state index in [1.54, 1.807) is 0 Å². The Bertz CT molecular complexity index is 993. The molecule has 1 N–H and O–H groups in total. The molecule has 7 heteroatoms. The predicted molar refractivity (Wildman–Crippen MR) is 115 cm³/mol. The fourth-order valence-corrected chi connectivity index (χ4v) is 3.49. The van der Waals surface area contributed by atoms with E-state index in [1.807, 2.05) is 57.2 Å². The summed E-state index contributed by atoms with van der Waals surface area (Å²) in [5, 5.41) is 3.69. The lowest BCUT2D eigenvalue weighted by atomic mass is 10.1. The third-order valence-corrected chi connectivity index (χ3v) is 5.31. The molecule has 1 heterocycles. The number of imidazole rings is 1. The van der Waals surface area contributed by atoms with Crippen LogP contribution >= 0.6 is 11.6 Å². The molecule has 0 aliphatic rings. The van der Waals surface area contributed by atoms with Crippen LogP contribution in [0.4, 0.5) is 0 Å². The summed E-state index contributed by atoms with van der Waals surface area (Å²) < 4.78 is 13.0. The number of para-hydroxylation sites is 2. The number of aryl methyl sites for hydroxylation is 2. The zero-order valence-corrected chi connectivity index (χ0v) is 17.9. The van der Waals surface area contributed by atoms with Gasteiger partial charge in [-0.3, -0.25) is 4.79 Å². The highest BCUT2D eigenvalue weighted by Gasteiger charge is 2.18. The number of methoxy groups -OCH3 is 1. The highest BCUT2D eigenvalue weighted by molar-refractivity contribution is 6.32. The molecular weight excluding hydrogens is 390 g/mol. The lowest BCUT2D eigenvalue weighted by molar-refractivity contribution is -0.125. The number of amides is 1. The first-order valence-electron chi connectivity index (χ1n) is 9.53. The van der Waals surface area contributed by atoms with E-state index in [-0.39, 0.29) is 18.6 Å². The quantitative estimate of drug-likeness (QED) is 0.598. The van der Waals surface area contributed by atoms with E-state index in [4.69, 9.17) is 26.1 Å². The number of aromatic nitrogens is 2. The summed E-state index contributed by atoms with van der Waals surface area (Å²) in [4.78, 5) is 16.7. The van der Waals surface area contributed by atoms with E-state index in [2.05, 4.69) is 9.88 Å². The number of fused-ring (bicyclic) bond motifs is 1. The first-order chi connectivity index (χ1) is 13.9. The average Bonchev–Trinajstić information content (AvgIpc) is 3.05. The maximum absolute atomic E-state index is 11.9. The summed E-state index contributed by atoms with van der Waals surface area (Å²) in [7, 11) is 1.50. The molecule has 1 aromatic heterocycles. The standard InChI is InChI=1S/C22H26ClN3O3/c1-14-11-17(12-15(2)21(14)23)29-10-9-26-19-8-6-5-7-18(19)25-22(26)16(3)24-20(27)13-28-4/h5-8,11-12,16H,9-10,13H2,1-4H3,(H,24,27). The Hall–Kier alpha value is -2.57. The van der Waals surface area contributed by atoms with Crippen LogP contribution in [0.3, 0.4) is 0 Å². The van der Waals surface area contributed by atoms with Crippen molar-refractivity contribution < 1.29 is 14.3 Å². The predicted octanol–water partition coefficient (Wildman–Crippen LogP) is 4.21. The van der Waals surface area contributed by atoms with Gasteiger partial charge in [-0.2, -0.15) is 0 Å². The maximum atomic E-state index is 11.9. The Morgan fingerprint density at radius 2 is 1.93 bits per heavy atom. The van der Waals surface area contributed by atoms with Crippen LogP contribution in [-0.2, 0) is 16.1 Å². The van der Waals surface area contributed by atoms with Crippen LogP contribution in [0.1, 0.15) is 29.9 Å². The number of ether oxygens (including phenoxy) is 2. The summed E-state index contributed by atoms with van der Waals surface area (Å²) >= 11 is 6.24. The second-order valence-electron chi connectivity index (χ2n) is 7.05. The normalized spacial score (nSPS) is 12.2. The van der Waals surface area contributed by atoms with Crippen molar-refractivity contribution in [1.82, 2.24) is 14.9 Å². The van der Waals surface area contributed by atoms with Crippen LogP contribution in [-0.4, -0.2) is 35.8 Å². The first kappa shape index (κ1) is 21.1. The highest BCUT2D eigenvalue weighted by atomic mass is 35.5. The van der Waals surface area contributed by atoms with E-state index in [1.165, 1.54) is 7.11 Å². The van der Waals surface area contributed by atoms with Crippen LogP contribution in [0.15, 0.2) is 36.4 Å². The zero-order chi connectivity index (χ0) is 21.0. The minimum absolute atomic E-state index is 0.0168. The van der Waals surface area contributed by atoms with Gasteiger partial charge in [-0.25, -0.2) is 4.98 Å². The van der Waals surface area contributed by atoms with Gasteiger partial charge in [0, 0.05) is 12.1 Å². The molecule has 0 aliphatic carbocycles. The van der Waals surface area contributed by atoms with Crippen molar-refractivity contribution in [2.45, 2.75) is 33.4 Å². The summed E-state index contributed by atoms with van der Waals surface area (Å²) in [5.74, 6) is 1.39. The second kappa shape index (κ2) is 9.29. The molecule has 3 aromatic rings. The number of nitrogens with one attached hydrogen (secondary N) is 1. The Morgan fingerprint density at radius 1 is 1.24 bits per heavy atom. The number of carbonyl (C=O) groups is 1. The third-order valence-electron chi connectivity index (χ3n) is 4.72. The molecule has 154 valence electrons. The van der Waals surface area contributed by atoms with Gasteiger partial charge in [0.05, 0.1) is 23.6 Å². The van der Waals surface area contributed by atoms with Gasteiger partial charge in [0.2, 0.25) is 5.91 Å². The van der Waals surface area contributed by atoms with Crippen molar-refractivity contribution >= 4 is 28.5 Å². The lowest BCUT2D eigenvalue weighted by Crippen LogP contribution is -2.31. The smallest absolute Gasteiger partial charge is 0.246 e. The van der Waals surface area contributed by atoms with E-state index < -0.39 is 0 Å². The average molecular weight is 416 g/mol. The Morgan fingerprint density at radius 3 is 2.62 bits per heavy atom. The summed E-state index contributed by atoms with van der Waals surface area (Å²) in [5.41, 5.74) is 3.87. The van der Waals surface area contributed by atoms with Gasteiger partial charge in [-0.05, 0) is 56.2 Å². The minimum Gasteiger partial charge on any atom is -0.492 e. The SMILES string of the molecule is COCC(=O)NC(C)c1nc2ccccc2n1CCOc1cc(C)c(Cl)c(C)c1. The molecule has 2 aromatic carbocycles. The molecule has 1 amide bonds. The third kappa shape index (κ3) is 4.89. The van der Waals surface area contributed by atoms with Gasteiger partial charge < -0.3 is 19.4 Å². The number of hydrogen-bond donors (Lipinski definition) is 1. The summed E-state index contributed by atoms with van der Waals surface area (Å²) in [6, 6.07) is 11.5. The molecule has 29 heavy (non-hydrogen) atoms. The van der Waals surface area contributed by atoms with E-state index in [0.717, 1.165) is 38.8 Å². The Labute approximate surface area is 175 Å². The summed E-state index contributed by atoms with van der Waals surface area (Å²) in [6.07, 6.45) is 0. The van der Waals surface area contributed by atoms with Crippen LogP contribution in [0, 0.1) is 13.8 Å². The van der Waals surface area contributed by atoms with Crippen LogP contribution in [0.25, 0.3) is 11.0 Å². The van der Waals surface area contributed by atoms with E-state index in [0.29, 0.717) is 13.2 Å². The maximum Gasteiger partial charge on any atom is 0.246 e. The largest absolute Gasteiger partial charge is 0.492 e. The molecule has 0 fully saturated rings. The number of hydrogen-bond acceptors (Lipinski definition) is 4. The molecule has 6 nitrogen and oxygen atoms in total. The number of nitrogens with zero attached hydrogens (tertiary/aromatic N) is 2. The van der Waals surface area contributed by atoms with Gasteiger partial charge in [-0.1, -0.05) is 23.7 Å². The molecular formula is C22H26ClN3O3. The van der Waals surface area contributed by atoms with Crippen LogP contribution in [0.5, 0.6) is 5.75 Å². The van der Waals surface area contributed by atoms with Crippen molar-refractivity contribution in [3.8, 4) is 5.75 Å². The van der Waals surface area contributed by atoms with Gasteiger partial charge >= 0.3 is 0 Å². The summed E-state index contributed by atoms with van der Waals surface area (Å²) in [6.45, 7) is 6.93. The fourth-order valence-electron chi connectivity index (χ4n) is 3.38. The van der Waals surface area contributed by atoms with Crippen LogP contribution < -0.4 is 10.1 Å². The molecule has 0 aliphatic heterocycles. The van der Waals surface area contributed by atoms with Crippen molar-refractivity contribution in [3.63, 3.8) is 0 Å². The van der Waals surface area contributed by atoms with Crippen molar-refractivity contribution in [1.29, 1.82) is 0 Å². The van der Waals surface area contributed by atoms with Crippen molar-refractivity contribution in [2.24, 2.45) is 0 Å². The van der Waals surface area contributed by atoms with Crippen LogP contribution in [0.2, 0.25) is 5.02 Å². The number of rotatable bonds is 8. The van der Waals surface area contributed by atoms with E-state index >= 15 is 0 Å². The first-order valence-corrected chi connectivity index (χ1v) is 9.91. The van der Waals surface area contributed by atoms with E-state index in [9.17, 15) is 4.79 Å². The topological polar surface area (TPSA) is 65.4 Å². The zero-order valence-electron chi connectivity index (χ0n) is 17.2. The molecule has 0 radical (unpaired) electrons. The number of carbonyl (C=O) groups excluding carboxylic acids is 1. The molecule has 0 spiro atoms. The highest BCUT2D eigenvalue weighted by Crippen LogP contribution is 2.26. The molecule has 1 atom stereocenters. The molecule has 0 saturated heterocycles. The Balaban J connectivity index is 1.79. The lowest BCUT2D eigenvalue weighted by Gasteiger charge is -2.17. The second-order valence-corrected chi connectivity index (χ2v) is 7.43. The molecule has 3 rings (SSSR count). The minimum atomic E-state index is -0.259. The Kier molecular flexibility index (Phi) is 6.77. The molecule has 0 bridgehead atoms. The van der Waals surface area contributed by atoms with Gasteiger partial charge in [-0.15, -0.1) is 0 Å².